The van der Waals surface area contributed by atoms with Crippen molar-refractivity contribution in [3.63, 3.8) is 0 Å². The molecule has 0 fully saturated rings. The van der Waals surface area contributed by atoms with Crippen molar-refractivity contribution in [2.45, 2.75) is 26.6 Å². The Labute approximate surface area is 111 Å². The van der Waals surface area contributed by atoms with E-state index in [4.69, 9.17) is 9.47 Å². The Kier molecular flexibility index (Phi) is 4.33. The molecule has 0 N–H and O–H groups in total. The summed E-state index contributed by atoms with van der Waals surface area (Å²) >= 11 is 1.62. The third-order valence-electron chi connectivity index (χ3n) is 2.34. The second kappa shape index (κ2) is 5.98. The van der Waals surface area contributed by atoms with E-state index in [9.17, 15) is 0 Å². The standard InChI is InChI=1S/C14H17NO2S/c1-10(2)17-12-6-4-11(5-7-12)13-9-18-14(15-13)8-16-3/h4-7,9-10H,8H2,1-3H3. The Morgan fingerprint density at radius 3 is 2.56 bits per heavy atom. The van der Waals surface area contributed by atoms with Crippen LogP contribution in [0.15, 0.2) is 29.6 Å². The summed E-state index contributed by atoms with van der Waals surface area (Å²) in [6, 6.07) is 8.02. The van der Waals surface area contributed by atoms with E-state index in [1.165, 1.54) is 0 Å². The van der Waals surface area contributed by atoms with Crippen LogP contribution in [0.5, 0.6) is 5.75 Å². The zero-order chi connectivity index (χ0) is 13.0. The molecular formula is C14H17NO2S. The highest BCUT2D eigenvalue weighted by atomic mass is 32.1. The van der Waals surface area contributed by atoms with Gasteiger partial charge in [-0.25, -0.2) is 4.98 Å². The maximum Gasteiger partial charge on any atom is 0.119 e. The number of benzene rings is 1. The van der Waals surface area contributed by atoms with E-state index in [0.29, 0.717) is 6.61 Å². The molecule has 0 unspecified atom stereocenters. The maximum absolute atomic E-state index is 5.61. The molecule has 3 nitrogen and oxygen atoms in total. The molecule has 0 aliphatic rings. The highest BCUT2D eigenvalue weighted by molar-refractivity contribution is 7.09. The van der Waals surface area contributed by atoms with Gasteiger partial charge in [0, 0.05) is 18.1 Å². The zero-order valence-corrected chi connectivity index (χ0v) is 11.7. The van der Waals surface area contributed by atoms with Gasteiger partial charge in [-0.15, -0.1) is 11.3 Å². The average Bonchev–Trinajstić information content (AvgIpc) is 2.78. The van der Waals surface area contributed by atoms with E-state index in [0.717, 1.165) is 22.0 Å². The molecule has 1 aromatic carbocycles. The van der Waals surface area contributed by atoms with Crippen LogP contribution in [0, 0.1) is 0 Å². The number of hydrogen-bond donors (Lipinski definition) is 0. The van der Waals surface area contributed by atoms with E-state index in [-0.39, 0.29) is 6.10 Å². The average molecular weight is 263 g/mol. The Bertz CT molecular complexity index is 491. The number of aromatic nitrogens is 1. The second-order valence-corrected chi connectivity index (χ2v) is 5.19. The monoisotopic (exact) mass is 263 g/mol. The van der Waals surface area contributed by atoms with Gasteiger partial charge in [-0.3, -0.25) is 0 Å². The first-order valence-corrected chi connectivity index (χ1v) is 6.77. The van der Waals surface area contributed by atoms with E-state index in [1.807, 2.05) is 43.5 Å². The third kappa shape index (κ3) is 3.31. The van der Waals surface area contributed by atoms with E-state index in [2.05, 4.69) is 4.98 Å². The lowest BCUT2D eigenvalue weighted by Crippen LogP contribution is -2.05. The van der Waals surface area contributed by atoms with Crippen molar-refractivity contribution in [3.05, 3.63) is 34.7 Å². The molecule has 0 bridgehead atoms. The molecule has 0 radical (unpaired) electrons. The van der Waals surface area contributed by atoms with Crippen LogP contribution < -0.4 is 4.74 Å². The normalized spacial score (nSPS) is 10.9. The van der Waals surface area contributed by atoms with Crippen LogP contribution in [0.2, 0.25) is 0 Å². The van der Waals surface area contributed by atoms with Gasteiger partial charge in [0.1, 0.15) is 10.8 Å². The predicted octanol–water partition coefficient (Wildman–Crippen LogP) is 3.74. The SMILES string of the molecule is COCc1nc(-c2ccc(OC(C)C)cc2)cs1. The smallest absolute Gasteiger partial charge is 0.119 e. The molecule has 2 aromatic rings. The highest BCUT2D eigenvalue weighted by Gasteiger charge is 2.05. The summed E-state index contributed by atoms with van der Waals surface area (Å²) in [6.45, 7) is 4.61. The van der Waals surface area contributed by atoms with E-state index >= 15 is 0 Å². The first-order valence-electron chi connectivity index (χ1n) is 5.89. The Morgan fingerprint density at radius 2 is 1.94 bits per heavy atom. The first-order chi connectivity index (χ1) is 8.69. The van der Waals surface area contributed by atoms with Crippen molar-refractivity contribution in [1.82, 2.24) is 4.98 Å². The molecule has 0 spiro atoms. The van der Waals surface area contributed by atoms with Crippen molar-refractivity contribution in [2.75, 3.05) is 7.11 Å². The van der Waals surface area contributed by atoms with Crippen molar-refractivity contribution in [2.24, 2.45) is 0 Å². The summed E-state index contributed by atoms with van der Waals surface area (Å²) in [5.74, 6) is 0.890. The van der Waals surface area contributed by atoms with Gasteiger partial charge in [0.05, 0.1) is 18.4 Å². The summed E-state index contributed by atoms with van der Waals surface area (Å²) in [6.07, 6.45) is 0.198. The minimum absolute atomic E-state index is 0.198. The van der Waals surface area contributed by atoms with Crippen LogP contribution in [0.3, 0.4) is 0 Å². The minimum atomic E-state index is 0.198. The Hall–Kier alpha value is -1.39. The van der Waals surface area contributed by atoms with Gasteiger partial charge in [-0.05, 0) is 38.1 Å². The van der Waals surface area contributed by atoms with Crippen LogP contribution in [0.25, 0.3) is 11.3 Å². The molecule has 1 heterocycles. The van der Waals surface area contributed by atoms with Gasteiger partial charge >= 0.3 is 0 Å². The van der Waals surface area contributed by atoms with Gasteiger partial charge in [-0.2, -0.15) is 0 Å². The molecular weight excluding hydrogens is 246 g/mol. The molecule has 0 atom stereocenters. The van der Waals surface area contributed by atoms with Gasteiger partial charge < -0.3 is 9.47 Å². The molecule has 0 saturated carbocycles. The molecule has 2 rings (SSSR count). The van der Waals surface area contributed by atoms with Gasteiger partial charge in [0.25, 0.3) is 0 Å². The predicted molar refractivity (Wildman–Crippen MR) is 74.0 cm³/mol. The van der Waals surface area contributed by atoms with Crippen molar-refractivity contribution >= 4 is 11.3 Å². The van der Waals surface area contributed by atoms with Crippen LogP contribution in [-0.2, 0) is 11.3 Å². The molecule has 4 heteroatoms. The number of nitrogens with zero attached hydrogens (tertiary/aromatic N) is 1. The van der Waals surface area contributed by atoms with Crippen molar-refractivity contribution in [1.29, 1.82) is 0 Å². The van der Waals surface area contributed by atoms with Crippen LogP contribution in [0.1, 0.15) is 18.9 Å². The summed E-state index contributed by atoms with van der Waals surface area (Å²) in [4.78, 5) is 4.51. The lowest BCUT2D eigenvalue weighted by Gasteiger charge is -2.09. The second-order valence-electron chi connectivity index (χ2n) is 4.25. The van der Waals surface area contributed by atoms with E-state index in [1.54, 1.807) is 18.4 Å². The van der Waals surface area contributed by atoms with Gasteiger partial charge in [-0.1, -0.05) is 0 Å². The third-order valence-corrected chi connectivity index (χ3v) is 3.16. The molecule has 18 heavy (non-hydrogen) atoms. The van der Waals surface area contributed by atoms with Crippen molar-refractivity contribution < 1.29 is 9.47 Å². The number of ether oxygens (including phenoxy) is 2. The summed E-state index contributed by atoms with van der Waals surface area (Å²) in [5, 5.41) is 3.04. The fraction of sp³-hybridized carbons (Fsp3) is 0.357. The van der Waals surface area contributed by atoms with Crippen LogP contribution >= 0.6 is 11.3 Å². The fourth-order valence-electron chi connectivity index (χ4n) is 1.61. The zero-order valence-electron chi connectivity index (χ0n) is 10.8. The molecule has 0 amide bonds. The lowest BCUT2D eigenvalue weighted by molar-refractivity contribution is 0.184. The molecule has 0 aliphatic carbocycles. The van der Waals surface area contributed by atoms with E-state index < -0.39 is 0 Å². The minimum Gasteiger partial charge on any atom is -0.491 e. The lowest BCUT2D eigenvalue weighted by atomic mass is 10.2. The quantitative estimate of drug-likeness (QED) is 0.823. The Morgan fingerprint density at radius 1 is 1.22 bits per heavy atom. The molecule has 96 valence electrons. The number of rotatable bonds is 5. The summed E-state index contributed by atoms with van der Waals surface area (Å²) in [5.41, 5.74) is 2.09. The van der Waals surface area contributed by atoms with Gasteiger partial charge in [0.2, 0.25) is 0 Å². The molecule has 0 saturated heterocycles. The fourth-order valence-corrected chi connectivity index (χ4v) is 2.38. The maximum atomic E-state index is 5.61. The summed E-state index contributed by atoms with van der Waals surface area (Å²) < 4.78 is 10.7. The summed E-state index contributed by atoms with van der Waals surface area (Å²) in [7, 11) is 1.68. The number of hydrogen-bond acceptors (Lipinski definition) is 4. The van der Waals surface area contributed by atoms with Crippen LogP contribution in [0.4, 0.5) is 0 Å². The van der Waals surface area contributed by atoms with Crippen LogP contribution in [-0.4, -0.2) is 18.2 Å². The topological polar surface area (TPSA) is 31.4 Å². The van der Waals surface area contributed by atoms with Gasteiger partial charge in [0.15, 0.2) is 0 Å². The number of thiazole rings is 1. The molecule has 0 aliphatic heterocycles. The van der Waals surface area contributed by atoms with Crippen molar-refractivity contribution in [3.8, 4) is 17.0 Å². The number of methoxy groups -OCH3 is 1. The highest BCUT2D eigenvalue weighted by Crippen LogP contribution is 2.24. The Balaban J connectivity index is 2.12. The molecule has 1 aromatic heterocycles. The largest absolute Gasteiger partial charge is 0.491 e. The first kappa shape index (κ1) is 13.1.